The average Bonchev–Trinajstić information content (AvgIpc) is 3.83. The van der Waals surface area contributed by atoms with E-state index in [2.05, 4.69) is 56.2 Å². The van der Waals surface area contributed by atoms with Crippen molar-refractivity contribution >= 4 is 61.4 Å². The second-order valence-electron chi connectivity index (χ2n) is 11.4. The minimum Gasteiger partial charge on any atom is -0.756 e. The lowest BCUT2D eigenvalue weighted by atomic mass is 10.1. The van der Waals surface area contributed by atoms with E-state index in [1.165, 1.54) is 0 Å². The second kappa shape index (κ2) is 16.0. The predicted octanol–water partition coefficient (Wildman–Crippen LogP) is -6.07. The summed E-state index contributed by atoms with van der Waals surface area (Å²) in [5.74, 6) is 0. The third-order valence-electron chi connectivity index (χ3n) is 7.55. The second-order valence-corrected chi connectivity index (χ2v) is 19.0. The number of hydrogen-bond donors (Lipinski definition) is 6. The lowest BCUT2D eigenvalue weighted by molar-refractivity contribution is -0.256. The SMILES string of the molecule is O=c1[nH]cnc2c1ncn2[C@@H]1O[C@H](COP(=O)([O-])OP(=O)([O-])OP(=O)([O-])OP(=O)([O-])OP(=O)([O-])OC[C@@H]2O[C@H](n3cnc4c(=O)[nH]cnc43)[C@@H](O)[C@H]2O)[C@@H](O)[C@H]1O. The molecule has 0 saturated carbocycles. The number of imidazole rings is 2. The van der Waals surface area contributed by atoms with E-state index in [1.807, 2.05) is 0 Å². The number of ether oxygens (including phenoxy) is 2. The largest absolute Gasteiger partial charge is 0.756 e. The van der Waals surface area contributed by atoms with E-state index in [-0.39, 0.29) is 22.3 Å². The summed E-state index contributed by atoms with van der Waals surface area (Å²) >= 11 is 0. The topological polar surface area (TPSA) is 483 Å². The molecule has 4 aromatic rings. The van der Waals surface area contributed by atoms with Gasteiger partial charge in [0.25, 0.3) is 50.2 Å². The zero-order valence-electron chi connectivity index (χ0n) is 27.2. The van der Waals surface area contributed by atoms with Crippen molar-refractivity contribution in [2.24, 2.45) is 0 Å². The summed E-state index contributed by atoms with van der Waals surface area (Å²) in [6.07, 6.45) is -10.4. The van der Waals surface area contributed by atoms with Crippen LogP contribution in [-0.2, 0) is 58.6 Å². The molecule has 32 nitrogen and oxygen atoms in total. The van der Waals surface area contributed by atoms with Gasteiger partial charge in [-0.25, -0.2) is 37.2 Å². The molecule has 6 N–H and O–H groups in total. The third-order valence-corrected chi connectivity index (χ3v) is 14.9. The number of nitrogens with one attached hydrogen (secondary N) is 2. The fourth-order valence-electron chi connectivity index (χ4n) is 5.20. The van der Waals surface area contributed by atoms with Crippen LogP contribution in [-0.4, -0.2) is 109 Å². The van der Waals surface area contributed by atoms with Crippen LogP contribution >= 0.6 is 39.1 Å². The zero-order valence-corrected chi connectivity index (χ0v) is 31.7. The Kier molecular flexibility index (Phi) is 12.3. The Balaban J connectivity index is 1.00. The first kappa shape index (κ1) is 43.7. The molecule has 2 aliphatic rings. The number of H-pyrrole nitrogens is 2. The molecular weight excluding hydrogens is 891 g/mol. The number of nitrogens with zero attached hydrogens (tertiary/aromatic N) is 6. The Hall–Kier alpha value is -2.83. The highest BCUT2D eigenvalue weighted by molar-refractivity contribution is 7.70. The maximum absolute atomic E-state index is 12.2. The smallest absolute Gasteiger partial charge is 0.280 e. The molecule has 0 bridgehead atoms. The molecular formula is C20H22N8O24P5-5. The van der Waals surface area contributed by atoms with E-state index >= 15 is 0 Å². The summed E-state index contributed by atoms with van der Waals surface area (Å²) in [6.45, 7) is -2.66. The van der Waals surface area contributed by atoms with Gasteiger partial charge in [0.2, 0.25) is 0 Å². The number of aliphatic hydroxyl groups excluding tert-OH is 4. The van der Waals surface area contributed by atoms with Gasteiger partial charge in [-0.15, -0.1) is 0 Å². The first-order valence-electron chi connectivity index (χ1n) is 14.9. The fraction of sp³-hybridized carbons (Fsp3) is 0.500. The number of aliphatic hydroxyl groups is 4. The molecule has 13 atom stereocenters. The molecule has 6 rings (SSSR count). The summed E-state index contributed by atoms with van der Waals surface area (Å²) in [7, 11) is -33.0. The number of fused-ring (bicyclic) bond motifs is 2. The molecule has 0 spiro atoms. The van der Waals surface area contributed by atoms with Gasteiger partial charge in [-0.3, -0.25) is 41.5 Å². The minimum absolute atomic E-state index is 0.144. The number of hydrogen-bond acceptors (Lipinski definition) is 28. The summed E-state index contributed by atoms with van der Waals surface area (Å²) in [4.78, 5) is 104. The summed E-state index contributed by atoms with van der Waals surface area (Å²) < 4.78 is 95.4. The van der Waals surface area contributed by atoms with Crippen LogP contribution in [0.1, 0.15) is 12.5 Å². The molecule has 0 amide bonds. The van der Waals surface area contributed by atoms with Crippen molar-refractivity contribution in [1.29, 1.82) is 0 Å². The van der Waals surface area contributed by atoms with Gasteiger partial charge in [0, 0.05) is 0 Å². The normalized spacial score (nSPS) is 30.8. The van der Waals surface area contributed by atoms with Crippen molar-refractivity contribution in [2.45, 2.75) is 49.1 Å². The van der Waals surface area contributed by atoms with Crippen LogP contribution in [0.3, 0.4) is 0 Å². The Morgan fingerprint density at radius 3 is 1.26 bits per heavy atom. The summed E-state index contributed by atoms with van der Waals surface area (Å²) in [6, 6.07) is 0. The highest BCUT2D eigenvalue weighted by atomic mass is 31.3. The molecule has 0 aromatic carbocycles. The van der Waals surface area contributed by atoms with Gasteiger partial charge in [0.05, 0.1) is 38.5 Å². The highest BCUT2D eigenvalue weighted by Gasteiger charge is 2.46. The first-order valence-corrected chi connectivity index (χ1v) is 22.2. The zero-order chi connectivity index (χ0) is 41.9. The van der Waals surface area contributed by atoms with Gasteiger partial charge < -0.3 is 73.4 Å². The van der Waals surface area contributed by atoms with Crippen molar-refractivity contribution in [3.8, 4) is 0 Å². The van der Waals surface area contributed by atoms with Gasteiger partial charge in [0.15, 0.2) is 34.8 Å². The molecule has 5 unspecified atom stereocenters. The Morgan fingerprint density at radius 1 is 0.579 bits per heavy atom. The van der Waals surface area contributed by atoms with Gasteiger partial charge >= 0.3 is 0 Å². The predicted molar refractivity (Wildman–Crippen MR) is 162 cm³/mol. The van der Waals surface area contributed by atoms with E-state index < -0.39 is 113 Å². The van der Waals surface area contributed by atoms with Crippen LogP contribution in [0.5, 0.6) is 0 Å². The number of aromatic amines is 2. The minimum atomic E-state index is -6.90. The quantitative estimate of drug-likeness (QED) is 0.0570. The summed E-state index contributed by atoms with van der Waals surface area (Å²) in [5.41, 5.74) is -2.10. The standard InChI is InChI=1S/C20H27N8O24P5/c29-11-7(47-19(13(11)31)27-5-25-9-15(27)21-3-23-17(9)33)1-45-53(35,36)49-55(39,40)51-57(43,44)52-56(41,42)50-54(37,38)46-2-8-12(30)14(32)20(48-8)28-6-26-10-16(28)22-4-24-18(10)34/h3-8,11-14,19-20,29-32H,1-2H2,(H,35,36)(H,37,38)(H,39,40)(H,41,42)(H,43,44)(H,21,23,33)(H,22,24,34)/p-5/t7-,8+,11-,12+,13-,14+,19-,20+. The van der Waals surface area contributed by atoms with Crippen LogP contribution in [0.4, 0.5) is 0 Å². The third kappa shape index (κ3) is 9.80. The number of rotatable bonds is 16. The highest BCUT2D eigenvalue weighted by Crippen LogP contribution is 2.69. The molecule has 2 saturated heterocycles. The number of phosphoric ester groups is 2. The molecule has 4 aromatic heterocycles. The van der Waals surface area contributed by atoms with Crippen LogP contribution in [0.2, 0.25) is 0 Å². The molecule has 316 valence electrons. The van der Waals surface area contributed by atoms with Crippen LogP contribution in [0.25, 0.3) is 22.3 Å². The van der Waals surface area contributed by atoms with Crippen molar-refractivity contribution < 1.29 is 103 Å². The van der Waals surface area contributed by atoms with E-state index in [1.54, 1.807) is 0 Å². The Bertz CT molecular complexity index is 2340. The van der Waals surface area contributed by atoms with Gasteiger partial charge in [0.1, 0.15) is 36.6 Å². The molecule has 2 aliphatic heterocycles. The lowest BCUT2D eigenvalue weighted by Gasteiger charge is -2.37. The van der Waals surface area contributed by atoms with E-state index in [0.29, 0.717) is 0 Å². The Labute approximate surface area is 312 Å². The molecule has 6 heterocycles. The molecule has 0 aliphatic carbocycles. The van der Waals surface area contributed by atoms with Crippen LogP contribution in [0, 0.1) is 0 Å². The molecule has 0 radical (unpaired) electrons. The van der Waals surface area contributed by atoms with Crippen LogP contribution in [0.15, 0.2) is 34.9 Å². The maximum Gasteiger partial charge on any atom is 0.280 e. The molecule has 37 heteroatoms. The van der Waals surface area contributed by atoms with Crippen molar-refractivity contribution in [2.75, 3.05) is 13.2 Å². The average molecular weight is 913 g/mol. The Morgan fingerprint density at radius 2 is 0.912 bits per heavy atom. The maximum atomic E-state index is 12.2. The molecule has 57 heavy (non-hydrogen) atoms. The fourth-order valence-corrected chi connectivity index (χ4v) is 11.3. The molecule has 2 fully saturated rings. The first-order chi connectivity index (χ1) is 26.4. The monoisotopic (exact) mass is 913 g/mol. The van der Waals surface area contributed by atoms with Gasteiger partial charge in [-0.05, 0) is 0 Å². The van der Waals surface area contributed by atoms with Crippen molar-refractivity contribution in [3.05, 3.63) is 46.0 Å². The van der Waals surface area contributed by atoms with E-state index in [9.17, 15) is 77.3 Å². The number of phosphoric acid groups is 5. The van der Waals surface area contributed by atoms with Crippen LogP contribution < -0.4 is 35.6 Å². The van der Waals surface area contributed by atoms with E-state index in [0.717, 1.165) is 34.4 Å². The van der Waals surface area contributed by atoms with Gasteiger partial charge in [-0.2, -0.15) is 0 Å². The van der Waals surface area contributed by atoms with Gasteiger partial charge in [-0.1, -0.05) is 0 Å². The number of aromatic nitrogens is 8. The van der Waals surface area contributed by atoms with Crippen molar-refractivity contribution in [3.63, 3.8) is 0 Å². The van der Waals surface area contributed by atoms with Crippen molar-refractivity contribution in [1.82, 2.24) is 39.0 Å². The summed E-state index contributed by atoms with van der Waals surface area (Å²) in [5, 5.41) is 41.4. The lowest BCUT2D eigenvalue weighted by Crippen LogP contribution is -2.34. The van der Waals surface area contributed by atoms with E-state index in [4.69, 9.17) is 9.47 Å².